The number of pyridine rings is 1. The van der Waals surface area contributed by atoms with Crippen LogP contribution in [0.15, 0.2) is 231 Å². The van der Waals surface area contributed by atoms with E-state index in [0.717, 1.165) is 39.5 Å². The molecule has 0 N–H and O–H groups in total. The molecule has 0 spiro atoms. The summed E-state index contributed by atoms with van der Waals surface area (Å²) in [5.74, 6) is 1.15. The summed E-state index contributed by atoms with van der Waals surface area (Å²) < 4.78 is 0. The van der Waals surface area contributed by atoms with Gasteiger partial charge in [0.2, 0.25) is 0 Å². The maximum atomic E-state index is 5.62. The number of aromatic nitrogens is 1. The summed E-state index contributed by atoms with van der Waals surface area (Å²) in [5, 5.41) is 0. The van der Waals surface area contributed by atoms with E-state index in [4.69, 9.17) is 4.98 Å². The Morgan fingerprint density at radius 1 is 0.307 bits per heavy atom. The molecular formula is C71H60BN3. The Morgan fingerprint density at radius 2 is 0.680 bits per heavy atom. The first-order chi connectivity index (χ1) is 37.2. The van der Waals surface area contributed by atoms with Gasteiger partial charge in [0.05, 0.1) is 11.4 Å². The van der Waals surface area contributed by atoms with Crippen LogP contribution >= 0.6 is 0 Å². The van der Waals surface area contributed by atoms with Gasteiger partial charge in [0.15, 0.2) is 0 Å². The van der Waals surface area contributed by atoms with Gasteiger partial charge in [0.1, 0.15) is 0 Å². The number of fused-ring (bicyclic) bond motifs is 4. The molecule has 2 aliphatic carbocycles. The van der Waals surface area contributed by atoms with Gasteiger partial charge in [-0.1, -0.05) is 208 Å². The molecule has 4 heteroatoms. The zero-order valence-corrected chi connectivity index (χ0v) is 42.6. The molecule has 9 aromatic carbocycles. The Bertz CT molecular complexity index is 3420. The van der Waals surface area contributed by atoms with Crippen molar-refractivity contribution in [3.05, 3.63) is 242 Å². The molecule has 4 aliphatic rings. The van der Waals surface area contributed by atoms with Crippen LogP contribution in [0.25, 0.3) is 55.9 Å². The van der Waals surface area contributed by atoms with Gasteiger partial charge in [-0.05, 0) is 159 Å². The van der Waals surface area contributed by atoms with E-state index in [1.54, 1.807) is 0 Å². The molecular weight excluding hydrogens is 906 g/mol. The van der Waals surface area contributed by atoms with Crippen LogP contribution in [-0.4, -0.2) is 11.7 Å². The fourth-order valence-corrected chi connectivity index (χ4v) is 13.2. The number of benzene rings is 9. The minimum absolute atomic E-state index is 0.0179. The highest BCUT2D eigenvalue weighted by molar-refractivity contribution is 7.00. The number of hydrogen-bond acceptors (Lipinski definition) is 3. The zero-order valence-electron chi connectivity index (χ0n) is 42.6. The average molecular weight is 966 g/mol. The van der Waals surface area contributed by atoms with Gasteiger partial charge >= 0.3 is 0 Å². The summed E-state index contributed by atoms with van der Waals surface area (Å²) in [4.78, 5) is 10.8. The van der Waals surface area contributed by atoms with Gasteiger partial charge in [-0.25, -0.2) is 4.98 Å². The van der Waals surface area contributed by atoms with Gasteiger partial charge in [-0.2, -0.15) is 0 Å². The fraction of sp³-hybridized carbons (Fsp3) is 0.169. The smallest absolute Gasteiger partial charge is 0.252 e. The van der Waals surface area contributed by atoms with Crippen LogP contribution in [0, 0.1) is 0 Å². The molecule has 14 rings (SSSR count). The second kappa shape index (κ2) is 19.6. The predicted molar refractivity (Wildman–Crippen MR) is 317 cm³/mol. The van der Waals surface area contributed by atoms with Crippen molar-refractivity contribution in [2.24, 2.45) is 0 Å². The van der Waals surface area contributed by atoms with Crippen molar-refractivity contribution in [1.29, 1.82) is 0 Å². The molecule has 3 nitrogen and oxygen atoms in total. The molecule has 0 unspecified atom stereocenters. The van der Waals surface area contributed by atoms with E-state index < -0.39 is 0 Å². The van der Waals surface area contributed by atoms with Crippen molar-refractivity contribution in [2.75, 3.05) is 9.80 Å². The molecule has 75 heavy (non-hydrogen) atoms. The van der Waals surface area contributed by atoms with Gasteiger partial charge in [0.25, 0.3) is 6.71 Å². The second-order valence-corrected chi connectivity index (χ2v) is 21.5. The molecule has 3 heterocycles. The third-order valence-corrected chi connectivity index (χ3v) is 17.0. The minimum Gasteiger partial charge on any atom is -0.311 e. The molecule has 0 radical (unpaired) electrons. The van der Waals surface area contributed by atoms with Crippen molar-refractivity contribution < 1.29 is 0 Å². The second-order valence-electron chi connectivity index (χ2n) is 21.5. The molecule has 1 aromatic heterocycles. The van der Waals surface area contributed by atoms with E-state index >= 15 is 0 Å². The molecule has 2 aliphatic heterocycles. The molecule has 0 bridgehead atoms. The van der Waals surface area contributed by atoms with Crippen LogP contribution in [0.2, 0.25) is 0 Å². The van der Waals surface area contributed by atoms with E-state index in [-0.39, 0.29) is 6.71 Å². The van der Waals surface area contributed by atoms with Crippen LogP contribution in [0.1, 0.15) is 87.2 Å². The van der Waals surface area contributed by atoms with E-state index in [9.17, 15) is 0 Å². The third kappa shape index (κ3) is 8.47. The molecule has 0 saturated heterocycles. The summed E-state index contributed by atoms with van der Waals surface area (Å²) in [6, 6.07) is 86.5. The first-order valence-electron chi connectivity index (χ1n) is 27.7. The van der Waals surface area contributed by atoms with Crippen molar-refractivity contribution in [1.82, 2.24) is 4.98 Å². The monoisotopic (exact) mass is 965 g/mol. The van der Waals surface area contributed by atoms with E-state index in [0.29, 0.717) is 11.8 Å². The topological polar surface area (TPSA) is 19.4 Å². The van der Waals surface area contributed by atoms with Crippen LogP contribution in [0.4, 0.5) is 34.1 Å². The number of hydrogen-bond donors (Lipinski definition) is 0. The lowest BCUT2D eigenvalue weighted by Crippen LogP contribution is -2.61. The lowest BCUT2D eigenvalue weighted by Gasteiger charge is -2.45. The predicted octanol–water partition coefficient (Wildman–Crippen LogP) is 17.6. The molecule has 2 saturated carbocycles. The van der Waals surface area contributed by atoms with Gasteiger partial charge in [-0.15, -0.1) is 0 Å². The summed E-state index contributed by atoms with van der Waals surface area (Å²) in [7, 11) is 0. The zero-order chi connectivity index (χ0) is 49.7. The molecule has 10 aromatic rings. The Labute approximate surface area is 443 Å². The lowest BCUT2D eigenvalue weighted by atomic mass is 9.33. The Balaban J connectivity index is 1.05. The summed E-state index contributed by atoms with van der Waals surface area (Å²) >= 11 is 0. The Morgan fingerprint density at radius 3 is 1.11 bits per heavy atom. The fourth-order valence-electron chi connectivity index (χ4n) is 13.2. The highest BCUT2D eigenvalue weighted by Crippen LogP contribution is 2.48. The molecule has 0 atom stereocenters. The Kier molecular flexibility index (Phi) is 11.9. The minimum atomic E-state index is 0.0179. The van der Waals surface area contributed by atoms with Crippen molar-refractivity contribution in [2.45, 2.75) is 76.0 Å². The maximum absolute atomic E-state index is 5.62. The van der Waals surface area contributed by atoms with E-state index in [2.05, 4.69) is 240 Å². The summed E-state index contributed by atoms with van der Waals surface area (Å²) in [6.45, 7) is 0.0179. The molecule has 362 valence electrons. The summed E-state index contributed by atoms with van der Waals surface area (Å²) in [6.07, 6.45) is 12.9. The maximum Gasteiger partial charge on any atom is 0.252 e. The van der Waals surface area contributed by atoms with Crippen molar-refractivity contribution >= 4 is 57.2 Å². The Hall–Kier alpha value is -8.21. The van der Waals surface area contributed by atoms with E-state index in [1.165, 1.54) is 142 Å². The lowest BCUT2D eigenvalue weighted by molar-refractivity contribution is 0.444. The molecule has 2 fully saturated rings. The SMILES string of the molecule is c1ccc(-c2ccc(N3c4ccc(C5CCCCC5)cc4B4c5cc(C6CCCCC6)ccc5N(c5ccc(-c6ccccc6)cc5)c5cc(-c6cc(-c7ccccc7)cc(-c7ccccc7)n6)cc3c54)cc2)cc1. The normalized spacial score (nSPS) is 15.3. The van der Waals surface area contributed by atoms with Crippen molar-refractivity contribution in [3.63, 3.8) is 0 Å². The van der Waals surface area contributed by atoms with Crippen LogP contribution in [0.3, 0.4) is 0 Å². The average Bonchev–Trinajstić information content (AvgIpc) is 3.51. The summed E-state index contributed by atoms with van der Waals surface area (Å²) in [5.41, 5.74) is 25.6. The number of rotatable bonds is 9. The van der Waals surface area contributed by atoms with Gasteiger partial charge in [-0.3, -0.25) is 0 Å². The van der Waals surface area contributed by atoms with Crippen LogP contribution < -0.4 is 26.2 Å². The standard InChI is InChI=1S/C71H60BN3/c1-7-19-49(20-8-1)54-31-37-61(38-32-54)74-67-41-35-57(51-23-11-3-12-24-51)43-63(67)72-64-44-58(52-25-13-4-14-26-52)36-42-68(64)75(62-39-33-55(34-40-62)50-21-9-2-10-22-50)70-48-60(47-69(74)71(70)72)66-46-59(53-27-15-5-16-28-53)45-65(73-66)56-29-17-6-18-30-56/h1-2,5-10,15-22,27-48,51-52H,3-4,11-14,23-26H2. The first-order valence-corrected chi connectivity index (χ1v) is 27.7. The first kappa shape index (κ1) is 45.4. The third-order valence-electron chi connectivity index (χ3n) is 17.0. The largest absolute Gasteiger partial charge is 0.311 e. The molecule has 0 amide bonds. The highest BCUT2D eigenvalue weighted by atomic mass is 15.2. The van der Waals surface area contributed by atoms with E-state index in [1.807, 2.05) is 0 Å². The number of nitrogens with zero attached hydrogens (tertiary/aromatic N) is 3. The van der Waals surface area contributed by atoms with Crippen LogP contribution in [-0.2, 0) is 0 Å². The van der Waals surface area contributed by atoms with Crippen molar-refractivity contribution in [3.8, 4) is 55.9 Å². The quantitative estimate of drug-likeness (QED) is 0.134. The highest BCUT2D eigenvalue weighted by Gasteiger charge is 2.44. The van der Waals surface area contributed by atoms with Gasteiger partial charge in [0, 0.05) is 45.3 Å². The van der Waals surface area contributed by atoms with Gasteiger partial charge < -0.3 is 9.80 Å². The van der Waals surface area contributed by atoms with Crippen LogP contribution in [0.5, 0.6) is 0 Å². The number of anilines is 6.